The van der Waals surface area contributed by atoms with Crippen molar-refractivity contribution in [3.63, 3.8) is 0 Å². The van der Waals surface area contributed by atoms with Gasteiger partial charge in [0.1, 0.15) is 0 Å². The molecule has 1 saturated heterocycles. The van der Waals surface area contributed by atoms with E-state index in [9.17, 15) is 4.79 Å². The van der Waals surface area contributed by atoms with Crippen molar-refractivity contribution < 1.29 is 4.79 Å². The molecule has 1 aliphatic rings. The van der Waals surface area contributed by atoms with E-state index in [-0.39, 0.29) is 11.9 Å². The molecule has 0 spiro atoms. The Morgan fingerprint density at radius 3 is 3.21 bits per heavy atom. The van der Waals surface area contributed by atoms with E-state index in [4.69, 9.17) is 0 Å². The number of carbonyl (C=O) groups excluding carboxylic acids is 1. The van der Waals surface area contributed by atoms with E-state index in [1.807, 2.05) is 18.7 Å². The number of hydrogen-bond donors (Lipinski definition) is 2. The first-order valence-corrected chi connectivity index (χ1v) is 6.11. The lowest BCUT2D eigenvalue weighted by atomic mass is 10.2. The minimum Gasteiger partial charge on any atom is -0.350 e. The summed E-state index contributed by atoms with van der Waals surface area (Å²) in [5.74, 6) is 2.30. The lowest BCUT2D eigenvalue weighted by Crippen LogP contribution is -2.42. The fourth-order valence-electron chi connectivity index (χ4n) is 1.35. The van der Waals surface area contributed by atoms with Crippen molar-refractivity contribution in [3.05, 3.63) is 12.7 Å². The van der Waals surface area contributed by atoms with E-state index in [1.54, 1.807) is 6.08 Å². The number of amides is 1. The van der Waals surface area contributed by atoms with Crippen LogP contribution in [0, 0.1) is 0 Å². The topological polar surface area (TPSA) is 41.1 Å². The van der Waals surface area contributed by atoms with Crippen molar-refractivity contribution in [2.45, 2.75) is 25.4 Å². The summed E-state index contributed by atoms with van der Waals surface area (Å²) in [5, 5.41) is 6.20. The Bertz CT molecular complexity index is 202. The summed E-state index contributed by atoms with van der Waals surface area (Å²) >= 11 is 1.91. The molecule has 1 heterocycles. The molecule has 14 heavy (non-hydrogen) atoms. The van der Waals surface area contributed by atoms with Gasteiger partial charge in [0.15, 0.2) is 0 Å². The molecule has 0 aliphatic carbocycles. The van der Waals surface area contributed by atoms with Gasteiger partial charge in [0.2, 0.25) is 5.91 Å². The third-order valence-corrected chi connectivity index (χ3v) is 3.30. The molecule has 1 amide bonds. The van der Waals surface area contributed by atoms with Gasteiger partial charge in [-0.05, 0) is 6.92 Å². The van der Waals surface area contributed by atoms with Crippen LogP contribution in [0.1, 0.15) is 13.3 Å². The molecule has 1 fully saturated rings. The molecule has 1 rings (SSSR count). The first-order valence-electron chi connectivity index (χ1n) is 4.95. The van der Waals surface area contributed by atoms with Crippen molar-refractivity contribution >= 4 is 17.7 Å². The molecule has 2 unspecified atom stereocenters. The number of hydrogen-bond acceptors (Lipinski definition) is 3. The Morgan fingerprint density at radius 1 is 1.86 bits per heavy atom. The average Bonchev–Trinajstić information content (AvgIpc) is 2.19. The highest BCUT2D eigenvalue weighted by molar-refractivity contribution is 7.99. The summed E-state index contributed by atoms with van der Waals surface area (Å²) < 4.78 is 0. The molecule has 4 heteroatoms. The zero-order valence-corrected chi connectivity index (χ0v) is 9.40. The van der Waals surface area contributed by atoms with E-state index >= 15 is 0 Å². The van der Waals surface area contributed by atoms with E-state index in [2.05, 4.69) is 17.2 Å². The maximum Gasteiger partial charge on any atom is 0.222 e. The monoisotopic (exact) mass is 214 g/mol. The maximum atomic E-state index is 11.5. The average molecular weight is 214 g/mol. The molecular formula is C10H18N2OS. The van der Waals surface area contributed by atoms with Crippen LogP contribution in [0.15, 0.2) is 12.7 Å². The Hall–Kier alpha value is -0.480. The van der Waals surface area contributed by atoms with Gasteiger partial charge in [-0.2, -0.15) is 11.8 Å². The second-order valence-electron chi connectivity index (χ2n) is 3.52. The molecule has 3 nitrogen and oxygen atoms in total. The molecule has 80 valence electrons. The molecule has 0 bridgehead atoms. The van der Waals surface area contributed by atoms with Crippen LogP contribution in [0.5, 0.6) is 0 Å². The molecule has 0 radical (unpaired) electrons. The normalized spacial score (nSPS) is 23.9. The van der Waals surface area contributed by atoms with Crippen LogP contribution >= 0.6 is 11.8 Å². The Kier molecular flexibility index (Phi) is 5.04. The van der Waals surface area contributed by atoms with Gasteiger partial charge in [-0.15, -0.1) is 6.58 Å². The van der Waals surface area contributed by atoms with Gasteiger partial charge >= 0.3 is 0 Å². The SMILES string of the molecule is C=CC(C)NC(=O)CC1CSCCN1. The number of carbonyl (C=O) groups is 1. The van der Waals surface area contributed by atoms with Gasteiger partial charge in [0.25, 0.3) is 0 Å². The second kappa shape index (κ2) is 6.09. The molecule has 0 saturated carbocycles. The minimum atomic E-state index is 0.0683. The van der Waals surface area contributed by atoms with Crippen molar-refractivity contribution in [1.82, 2.24) is 10.6 Å². The summed E-state index contributed by atoms with van der Waals surface area (Å²) in [5.41, 5.74) is 0. The van der Waals surface area contributed by atoms with Crippen LogP contribution < -0.4 is 10.6 Å². The van der Waals surface area contributed by atoms with Gasteiger partial charge in [-0.25, -0.2) is 0 Å². The van der Waals surface area contributed by atoms with Crippen LogP contribution in [0.25, 0.3) is 0 Å². The van der Waals surface area contributed by atoms with E-state index < -0.39 is 0 Å². The summed E-state index contributed by atoms with van der Waals surface area (Å²) in [7, 11) is 0. The summed E-state index contributed by atoms with van der Waals surface area (Å²) in [6, 6.07) is 0.407. The van der Waals surface area contributed by atoms with Crippen molar-refractivity contribution in [2.24, 2.45) is 0 Å². The van der Waals surface area contributed by atoms with Crippen LogP contribution in [0.3, 0.4) is 0 Å². The molecule has 2 N–H and O–H groups in total. The molecule has 0 aromatic carbocycles. The van der Waals surface area contributed by atoms with E-state index in [0.717, 1.165) is 18.1 Å². The number of thioether (sulfide) groups is 1. The summed E-state index contributed by atoms with van der Waals surface area (Å²) in [6.07, 6.45) is 2.31. The second-order valence-corrected chi connectivity index (χ2v) is 4.67. The number of rotatable bonds is 4. The highest BCUT2D eigenvalue weighted by atomic mass is 32.2. The lowest BCUT2D eigenvalue weighted by molar-refractivity contribution is -0.121. The van der Waals surface area contributed by atoms with Crippen molar-refractivity contribution in [2.75, 3.05) is 18.1 Å². The zero-order valence-electron chi connectivity index (χ0n) is 8.58. The summed E-state index contributed by atoms with van der Waals surface area (Å²) in [6.45, 7) is 6.56. The third-order valence-electron chi connectivity index (χ3n) is 2.17. The van der Waals surface area contributed by atoms with E-state index in [0.29, 0.717) is 12.5 Å². The Balaban J connectivity index is 2.21. The van der Waals surface area contributed by atoms with Gasteiger partial charge in [0, 0.05) is 36.6 Å². The zero-order chi connectivity index (χ0) is 10.4. The van der Waals surface area contributed by atoms with Crippen molar-refractivity contribution in [3.8, 4) is 0 Å². The van der Waals surface area contributed by atoms with Gasteiger partial charge in [-0.1, -0.05) is 6.08 Å². The lowest BCUT2D eigenvalue weighted by Gasteiger charge is -2.23. The minimum absolute atomic E-state index is 0.0683. The van der Waals surface area contributed by atoms with Gasteiger partial charge in [0.05, 0.1) is 0 Å². The first-order chi connectivity index (χ1) is 6.72. The molecule has 0 aromatic rings. The van der Waals surface area contributed by atoms with Gasteiger partial charge in [-0.3, -0.25) is 4.79 Å². The van der Waals surface area contributed by atoms with Crippen molar-refractivity contribution in [1.29, 1.82) is 0 Å². The third kappa shape index (κ3) is 4.15. The van der Waals surface area contributed by atoms with Crippen LogP contribution in [0.2, 0.25) is 0 Å². The quantitative estimate of drug-likeness (QED) is 0.679. The molecule has 1 aliphatic heterocycles. The first kappa shape index (κ1) is 11.6. The Labute approximate surface area is 89.7 Å². The molecule has 0 aromatic heterocycles. The van der Waals surface area contributed by atoms with Crippen LogP contribution in [-0.4, -0.2) is 36.0 Å². The molecular weight excluding hydrogens is 196 g/mol. The maximum absolute atomic E-state index is 11.5. The largest absolute Gasteiger partial charge is 0.350 e. The highest BCUT2D eigenvalue weighted by Crippen LogP contribution is 2.09. The highest BCUT2D eigenvalue weighted by Gasteiger charge is 2.16. The predicted molar refractivity (Wildman–Crippen MR) is 61.5 cm³/mol. The fourth-order valence-corrected chi connectivity index (χ4v) is 2.30. The summed E-state index contributed by atoms with van der Waals surface area (Å²) in [4.78, 5) is 11.5. The van der Waals surface area contributed by atoms with E-state index in [1.165, 1.54) is 0 Å². The van der Waals surface area contributed by atoms with Crippen LogP contribution in [-0.2, 0) is 4.79 Å². The smallest absolute Gasteiger partial charge is 0.222 e. The van der Waals surface area contributed by atoms with Crippen LogP contribution in [0.4, 0.5) is 0 Å². The predicted octanol–water partition coefficient (Wildman–Crippen LogP) is 0.772. The fraction of sp³-hybridized carbons (Fsp3) is 0.700. The van der Waals surface area contributed by atoms with Gasteiger partial charge < -0.3 is 10.6 Å². The molecule has 2 atom stereocenters. The number of nitrogens with one attached hydrogen (secondary N) is 2. The Morgan fingerprint density at radius 2 is 2.64 bits per heavy atom. The standard InChI is InChI=1S/C10H18N2OS/c1-3-8(2)12-10(13)6-9-7-14-5-4-11-9/h3,8-9,11H,1,4-7H2,2H3,(H,12,13).